The number of hydrogen-bond donors (Lipinski definition) is 0. The average Bonchev–Trinajstić information content (AvgIpc) is 3.00. The second-order valence-electron chi connectivity index (χ2n) is 8.75. The van der Waals surface area contributed by atoms with E-state index in [1.165, 1.54) is 7.11 Å². The van der Waals surface area contributed by atoms with Gasteiger partial charge in [-0.3, -0.25) is 4.74 Å². The molecule has 0 saturated carbocycles. The van der Waals surface area contributed by atoms with Gasteiger partial charge in [-0.05, 0) is 23.8 Å². The molecule has 5 aromatic carbocycles. The zero-order valence-corrected chi connectivity index (χ0v) is 22.0. The van der Waals surface area contributed by atoms with Crippen LogP contribution in [0.25, 0.3) is 12.2 Å². The van der Waals surface area contributed by atoms with Gasteiger partial charge in [-0.1, -0.05) is 133 Å². The van der Waals surface area contributed by atoms with Crippen LogP contribution in [0.4, 0.5) is 5.69 Å². The molecule has 0 amide bonds. The maximum atomic E-state index is 12.4. The number of carbonyl (C=O) groups excluding carboxylic acids is 1. The largest absolute Gasteiger partial charge is 0.465 e. The van der Waals surface area contributed by atoms with Gasteiger partial charge < -0.3 is 4.74 Å². The second-order valence-corrected chi connectivity index (χ2v) is 11.8. The van der Waals surface area contributed by atoms with Crippen molar-refractivity contribution in [3.63, 3.8) is 0 Å². The average molecular weight is 514 g/mol. The Kier molecular flexibility index (Phi) is 7.78. The van der Waals surface area contributed by atoms with E-state index >= 15 is 0 Å². The number of ether oxygens (including phenoxy) is 1. The van der Waals surface area contributed by atoms with Gasteiger partial charge in [-0.15, -0.1) is 0 Å². The smallest absolute Gasteiger partial charge is 0.337 e. The molecule has 4 heteroatoms. The Labute approximate surface area is 224 Å². The van der Waals surface area contributed by atoms with Crippen molar-refractivity contribution in [1.29, 1.82) is 0 Å². The maximum Gasteiger partial charge on any atom is 0.337 e. The van der Waals surface area contributed by atoms with Crippen molar-refractivity contribution in [2.75, 3.05) is 7.11 Å². The van der Waals surface area contributed by atoms with Crippen molar-refractivity contribution in [2.45, 2.75) is 0 Å². The molecule has 0 bridgehead atoms. The molecule has 3 nitrogen and oxygen atoms in total. The molecule has 0 N–H and O–H groups in total. The number of methoxy groups -OCH3 is 1. The van der Waals surface area contributed by atoms with Crippen LogP contribution >= 0.6 is 7.05 Å². The third kappa shape index (κ3) is 5.29. The van der Waals surface area contributed by atoms with Gasteiger partial charge in [0.25, 0.3) is 0 Å². The first-order chi connectivity index (χ1) is 18.7. The number of carbonyl (C=O) groups is 1. The van der Waals surface area contributed by atoms with Crippen LogP contribution in [0.2, 0.25) is 0 Å². The van der Waals surface area contributed by atoms with E-state index in [4.69, 9.17) is 9.48 Å². The van der Waals surface area contributed by atoms with Crippen molar-refractivity contribution in [1.82, 2.24) is 0 Å². The highest BCUT2D eigenvalue weighted by Gasteiger charge is 2.27. The van der Waals surface area contributed by atoms with Gasteiger partial charge in [0.05, 0.1) is 25.4 Å². The zero-order chi connectivity index (χ0) is 26.2. The summed E-state index contributed by atoms with van der Waals surface area (Å²) in [6.45, 7) is 0. The first-order valence-corrected chi connectivity index (χ1v) is 14.2. The van der Waals surface area contributed by atoms with Crippen molar-refractivity contribution in [2.24, 2.45) is 4.74 Å². The van der Waals surface area contributed by atoms with Crippen molar-refractivity contribution in [3.05, 3.63) is 156 Å². The molecule has 0 aromatic heterocycles. The minimum Gasteiger partial charge on any atom is -0.465 e. The van der Waals surface area contributed by atoms with Crippen LogP contribution in [0.1, 0.15) is 21.5 Å². The first-order valence-electron chi connectivity index (χ1n) is 12.5. The van der Waals surface area contributed by atoms with Gasteiger partial charge in [-0.2, -0.15) is 0 Å². The van der Waals surface area contributed by atoms with Crippen LogP contribution in [-0.2, 0) is 4.74 Å². The van der Waals surface area contributed by atoms with Crippen molar-refractivity contribution >= 4 is 46.8 Å². The number of hydrogen-bond acceptors (Lipinski definition) is 3. The van der Waals surface area contributed by atoms with E-state index in [9.17, 15) is 4.79 Å². The molecular formula is C34H28NO2P. The Morgan fingerprint density at radius 1 is 0.632 bits per heavy atom. The van der Waals surface area contributed by atoms with Gasteiger partial charge in [0.15, 0.2) is 0 Å². The topological polar surface area (TPSA) is 38.7 Å². The minimum absolute atomic E-state index is 0.374. The van der Waals surface area contributed by atoms with Gasteiger partial charge in [0.1, 0.15) is 0 Å². The third-order valence-electron chi connectivity index (χ3n) is 6.35. The SMILES string of the molecule is COC(=O)c1ccc(N=P(c2ccccc2)(c2ccccc2)c2ccccc2)c(/C=C/c2ccccc2)c1. The molecule has 0 heterocycles. The Morgan fingerprint density at radius 2 is 1.11 bits per heavy atom. The highest BCUT2D eigenvalue weighted by molar-refractivity contribution is 7.87. The highest BCUT2D eigenvalue weighted by atomic mass is 31.2. The van der Waals surface area contributed by atoms with Crippen LogP contribution in [-0.4, -0.2) is 13.1 Å². The molecular weight excluding hydrogens is 485 g/mol. The lowest BCUT2D eigenvalue weighted by Gasteiger charge is -2.27. The molecule has 0 aliphatic carbocycles. The van der Waals surface area contributed by atoms with Crippen LogP contribution in [0.15, 0.2) is 144 Å². The van der Waals surface area contributed by atoms with Gasteiger partial charge in [-0.25, -0.2) is 4.79 Å². The summed E-state index contributed by atoms with van der Waals surface area (Å²) >= 11 is 0. The van der Waals surface area contributed by atoms with Crippen LogP contribution in [0.3, 0.4) is 0 Å². The molecule has 38 heavy (non-hydrogen) atoms. The molecule has 0 radical (unpaired) electrons. The van der Waals surface area contributed by atoms with Crippen molar-refractivity contribution < 1.29 is 9.53 Å². The summed E-state index contributed by atoms with van der Waals surface area (Å²) in [4.78, 5) is 12.4. The van der Waals surface area contributed by atoms with Crippen molar-refractivity contribution in [3.8, 4) is 0 Å². The predicted molar refractivity (Wildman–Crippen MR) is 160 cm³/mol. The monoisotopic (exact) mass is 513 g/mol. The lowest BCUT2D eigenvalue weighted by molar-refractivity contribution is 0.0600. The number of nitrogens with zero attached hydrogens (tertiary/aromatic N) is 1. The molecule has 0 fully saturated rings. The Bertz CT molecular complexity index is 1490. The Hall–Kier alpha value is -4.46. The fourth-order valence-corrected chi connectivity index (χ4v) is 8.04. The lowest BCUT2D eigenvalue weighted by Crippen LogP contribution is -2.25. The molecule has 5 aromatic rings. The Morgan fingerprint density at radius 3 is 1.58 bits per heavy atom. The summed E-state index contributed by atoms with van der Waals surface area (Å²) in [7, 11) is -1.07. The third-order valence-corrected chi connectivity index (χ3v) is 10.0. The van der Waals surface area contributed by atoms with E-state index in [1.807, 2.05) is 72.8 Å². The number of benzene rings is 5. The molecule has 0 atom stereocenters. The lowest BCUT2D eigenvalue weighted by atomic mass is 10.1. The molecule has 0 spiro atoms. The van der Waals surface area contributed by atoms with E-state index < -0.39 is 7.05 Å². The summed E-state index contributed by atoms with van der Waals surface area (Å²) in [5, 5.41) is 3.48. The molecule has 0 saturated heterocycles. The van der Waals surface area contributed by atoms with E-state index in [2.05, 4.69) is 72.8 Å². The Balaban J connectivity index is 1.83. The quantitative estimate of drug-likeness (QED) is 0.129. The summed E-state index contributed by atoms with van der Waals surface area (Å²) in [5.74, 6) is -0.374. The number of rotatable bonds is 7. The van der Waals surface area contributed by atoms with Gasteiger partial charge in [0, 0.05) is 21.5 Å². The van der Waals surface area contributed by atoms with Crippen LogP contribution < -0.4 is 15.9 Å². The number of esters is 1. The molecule has 0 aliphatic heterocycles. The summed E-state index contributed by atoms with van der Waals surface area (Å²) in [6, 6.07) is 47.2. The van der Waals surface area contributed by atoms with Gasteiger partial charge in [0.2, 0.25) is 0 Å². The molecule has 0 unspecified atom stereocenters. The van der Waals surface area contributed by atoms with E-state index in [0.717, 1.165) is 32.7 Å². The first kappa shape index (κ1) is 25.2. The van der Waals surface area contributed by atoms with E-state index in [0.29, 0.717) is 5.56 Å². The van der Waals surface area contributed by atoms with Crippen LogP contribution in [0.5, 0.6) is 0 Å². The predicted octanol–water partition coefficient (Wildman–Crippen LogP) is 7.45. The summed E-state index contributed by atoms with van der Waals surface area (Å²) in [5.41, 5.74) is 3.22. The zero-order valence-electron chi connectivity index (χ0n) is 21.1. The fraction of sp³-hybridized carbons (Fsp3) is 0.0294. The van der Waals surface area contributed by atoms with Gasteiger partial charge >= 0.3 is 5.97 Å². The van der Waals surface area contributed by atoms with E-state index in [-0.39, 0.29) is 5.97 Å². The highest BCUT2D eigenvalue weighted by Crippen LogP contribution is 2.50. The minimum atomic E-state index is -2.47. The maximum absolute atomic E-state index is 12.4. The summed E-state index contributed by atoms with van der Waals surface area (Å²) in [6.07, 6.45) is 4.07. The second kappa shape index (κ2) is 11.7. The molecule has 186 valence electrons. The van der Waals surface area contributed by atoms with E-state index in [1.54, 1.807) is 6.07 Å². The normalized spacial score (nSPS) is 11.3. The standard InChI is InChI=1S/C34H28NO2P/c1-37-34(36)29-24-25-33(28(26-29)23-22-27-14-6-2-7-15-27)35-38(30-16-8-3-9-17-30,31-18-10-4-11-19-31)32-20-12-5-13-21-32/h2-26H,1H3/b23-22+. The fourth-order valence-electron chi connectivity index (χ4n) is 4.49. The molecule has 5 rings (SSSR count). The molecule has 0 aliphatic rings. The van der Waals surface area contributed by atoms with Crippen LogP contribution in [0, 0.1) is 0 Å². The summed E-state index contributed by atoms with van der Waals surface area (Å²) < 4.78 is 10.7.